The van der Waals surface area contributed by atoms with Crippen LogP contribution in [0.1, 0.15) is 6.92 Å². The smallest absolute Gasteiger partial charge is 0.244 e. The van der Waals surface area contributed by atoms with Crippen LogP contribution in [0.4, 0.5) is 0 Å². The zero-order chi connectivity index (χ0) is 14.7. The van der Waals surface area contributed by atoms with E-state index in [0.29, 0.717) is 19.7 Å². The zero-order valence-electron chi connectivity index (χ0n) is 12.1. The summed E-state index contributed by atoms with van der Waals surface area (Å²) in [4.78, 5) is 14.1. The van der Waals surface area contributed by atoms with E-state index in [1.807, 2.05) is 54.4 Å². The van der Waals surface area contributed by atoms with Gasteiger partial charge in [-0.2, -0.15) is 5.10 Å². The van der Waals surface area contributed by atoms with Crippen LogP contribution in [0.5, 0.6) is 0 Å². The van der Waals surface area contributed by atoms with Crippen LogP contribution in [0.15, 0.2) is 42.6 Å². The molecule has 0 radical (unpaired) electrons. The second-order valence-electron chi connectivity index (χ2n) is 5.29. The molecule has 1 fully saturated rings. The van der Waals surface area contributed by atoms with Crippen molar-refractivity contribution >= 4 is 5.91 Å². The number of carbonyl (C=O) groups excluding carboxylic acids is 1. The summed E-state index contributed by atoms with van der Waals surface area (Å²) in [5.74, 6) is 0.0906. The quantitative estimate of drug-likeness (QED) is 0.864. The summed E-state index contributed by atoms with van der Waals surface area (Å²) < 4.78 is 7.15. The van der Waals surface area contributed by atoms with E-state index in [4.69, 9.17) is 4.74 Å². The van der Waals surface area contributed by atoms with Crippen LogP contribution in [0.25, 0.3) is 11.3 Å². The van der Waals surface area contributed by atoms with Gasteiger partial charge in [0.1, 0.15) is 6.54 Å². The standard InChI is InChI=1S/C16H19N3O2/c1-13-11-18(9-10-21-13)16(20)12-19-8-7-15(17-19)14-5-3-2-4-6-14/h2-8,13H,9-12H2,1H3. The molecule has 1 saturated heterocycles. The molecule has 1 aromatic heterocycles. The average Bonchev–Trinajstić information content (AvgIpc) is 2.97. The van der Waals surface area contributed by atoms with Gasteiger partial charge >= 0.3 is 0 Å². The van der Waals surface area contributed by atoms with E-state index in [9.17, 15) is 4.79 Å². The molecule has 0 spiro atoms. The Bertz CT molecular complexity index is 609. The monoisotopic (exact) mass is 285 g/mol. The lowest BCUT2D eigenvalue weighted by atomic mass is 10.2. The Morgan fingerprint density at radius 3 is 2.90 bits per heavy atom. The molecule has 1 atom stereocenters. The van der Waals surface area contributed by atoms with E-state index in [1.165, 1.54) is 0 Å². The number of ether oxygens (including phenoxy) is 1. The van der Waals surface area contributed by atoms with Crippen LogP contribution in [-0.2, 0) is 16.1 Å². The summed E-state index contributed by atoms with van der Waals surface area (Å²) in [5, 5.41) is 4.47. The normalized spacial score (nSPS) is 18.7. The van der Waals surface area contributed by atoms with Gasteiger partial charge in [0.15, 0.2) is 0 Å². The Hall–Kier alpha value is -2.14. The lowest BCUT2D eigenvalue weighted by Gasteiger charge is -2.31. The van der Waals surface area contributed by atoms with Crippen molar-refractivity contribution < 1.29 is 9.53 Å². The number of hydrogen-bond donors (Lipinski definition) is 0. The van der Waals surface area contributed by atoms with Gasteiger partial charge in [0.2, 0.25) is 5.91 Å². The van der Waals surface area contributed by atoms with Gasteiger partial charge in [-0.15, -0.1) is 0 Å². The molecule has 1 aromatic carbocycles. The van der Waals surface area contributed by atoms with Crippen molar-refractivity contribution in [2.45, 2.75) is 19.6 Å². The minimum absolute atomic E-state index is 0.0906. The van der Waals surface area contributed by atoms with E-state index >= 15 is 0 Å². The number of morpholine rings is 1. The largest absolute Gasteiger partial charge is 0.375 e. The average molecular weight is 285 g/mol. The summed E-state index contributed by atoms with van der Waals surface area (Å²) in [6.07, 6.45) is 1.96. The highest BCUT2D eigenvalue weighted by Gasteiger charge is 2.21. The topological polar surface area (TPSA) is 47.4 Å². The third kappa shape index (κ3) is 3.31. The van der Waals surface area contributed by atoms with Gasteiger partial charge in [0, 0.05) is 24.8 Å². The van der Waals surface area contributed by atoms with Gasteiger partial charge in [-0.1, -0.05) is 30.3 Å². The molecule has 1 aliphatic heterocycles. The lowest BCUT2D eigenvalue weighted by Crippen LogP contribution is -2.45. The van der Waals surface area contributed by atoms with Crippen molar-refractivity contribution in [1.29, 1.82) is 0 Å². The summed E-state index contributed by atoms with van der Waals surface area (Å²) >= 11 is 0. The molecule has 21 heavy (non-hydrogen) atoms. The van der Waals surface area contributed by atoms with Crippen molar-refractivity contribution in [2.75, 3.05) is 19.7 Å². The first kappa shape index (κ1) is 13.8. The predicted octanol–water partition coefficient (Wildman–Crippen LogP) is 1.80. The molecule has 0 saturated carbocycles. The van der Waals surface area contributed by atoms with Gasteiger partial charge in [0.05, 0.1) is 18.4 Å². The molecule has 0 bridgehead atoms. The van der Waals surface area contributed by atoms with Crippen LogP contribution in [0.3, 0.4) is 0 Å². The fraction of sp³-hybridized carbons (Fsp3) is 0.375. The van der Waals surface area contributed by atoms with Gasteiger partial charge in [-0.25, -0.2) is 0 Å². The Morgan fingerprint density at radius 1 is 1.33 bits per heavy atom. The second-order valence-corrected chi connectivity index (χ2v) is 5.29. The first-order valence-electron chi connectivity index (χ1n) is 7.20. The van der Waals surface area contributed by atoms with Crippen LogP contribution in [-0.4, -0.2) is 46.4 Å². The number of carbonyl (C=O) groups is 1. The third-order valence-electron chi connectivity index (χ3n) is 3.60. The SMILES string of the molecule is CC1CN(C(=O)Cn2ccc(-c3ccccc3)n2)CCO1. The molecule has 1 amide bonds. The fourth-order valence-electron chi connectivity index (χ4n) is 2.50. The van der Waals surface area contributed by atoms with Crippen LogP contribution >= 0.6 is 0 Å². The molecule has 0 N–H and O–H groups in total. The van der Waals surface area contributed by atoms with Gasteiger partial charge in [-0.3, -0.25) is 9.48 Å². The highest BCUT2D eigenvalue weighted by molar-refractivity contribution is 5.76. The molecule has 0 aliphatic carbocycles. The predicted molar refractivity (Wildman–Crippen MR) is 79.7 cm³/mol. The maximum absolute atomic E-state index is 12.3. The molecule has 2 aromatic rings. The summed E-state index contributed by atoms with van der Waals surface area (Å²) in [5.41, 5.74) is 1.95. The highest BCUT2D eigenvalue weighted by Crippen LogP contribution is 2.16. The van der Waals surface area contributed by atoms with Crippen molar-refractivity contribution in [3.05, 3.63) is 42.6 Å². The van der Waals surface area contributed by atoms with E-state index in [-0.39, 0.29) is 18.6 Å². The Labute approximate surface area is 124 Å². The van der Waals surface area contributed by atoms with Gasteiger partial charge < -0.3 is 9.64 Å². The molecular formula is C16H19N3O2. The lowest BCUT2D eigenvalue weighted by molar-refractivity contribution is -0.138. The van der Waals surface area contributed by atoms with Crippen molar-refractivity contribution in [3.8, 4) is 11.3 Å². The Balaban J connectivity index is 1.66. The number of amides is 1. The molecule has 2 heterocycles. The van der Waals surface area contributed by atoms with Crippen LogP contribution in [0.2, 0.25) is 0 Å². The van der Waals surface area contributed by atoms with E-state index in [0.717, 1.165) is 11.3 Å². The Morgan fingerprint density at radius 2 is 2.14 bits per heavy atom. The van der Waals surface area contributed by atoms with Crippen LogP contribution < -0.4 is 0 Å². The minimum Gasteiger partial charge on any atom is -0.375 e. The number of aromatic nitrogens is 2. The van der Waals surface area contributed by atoms with E-state index < -0.39 is 0 Å². The third-order valence-corrected chi connectivity index (χ3v) is 3.60. The molecule has 3 rings (SSSR count). The van der Waals surface area contributed by atoms with Gasteiger partial charge in [-0.05, 0) is 13.0 Å². The maximum atomic E-state index is 12.3. The highest BCUT2D eigenvalue weighted by atomic mass is 16.5. The Kier molecular flexibility index (Phi) is 4.01. The van der Waals surface area contributed by atoms with E-state index in [1.54, 1.807) is 4.68 Å². The summed E-state index contributed by atoms with van der Waals surface area (Å²) in [7, 11) is 0. The first-order valence-corrected chi connectivity index (χ1v) is 7.20. The molecule has 1 unspecified atom stereocenters. The van der Waals surface area contributed by atoms with Crippen molar-refractivity contribution in [2.24, 2.45) is 0 Å². The van der Waals surface area contributed by atoms with Gasteiger partial charge in [0.25, 0.3) is 0 Å². The minimum atomic E-state index is 0.0906. The molecule has 5 nitrogen and oxygen atoms in total. The molecule has 5 heteroatoms. The molecule has 110 valence electrons. The van der Waals surface area contributed by atoms with Crippen molar-refractivity contribution in [3.63, 3.8) is 0 Å². The molecular weight excluding hydrogens is 266 g/mol. The maximum Gasteiger partial charge on any atom is 0.244 e. The van der Waals surface area contributed by atoms with Crippen molar-refractivity contribution in [1.82, 2.24) is 14.7 Å². The molecule has 1 aliphatic rings. The van der Waals surface area contributed by atoms with Crippen LogP contribution in [0, 0.1) is 0 Å². The van der Waals surface area contributed by atoms with E-state index in [2.05, 4.69) is 5.10 Å². The second kappa shape index (κ2) is 6.10. The fourth-order valence-corrected chi connectivity index (χ4v) is 2.50. The zero-order valence-corrected chi connectivity index (χ0v) is 12.1. The summed E-state index contributed by atoms with van der Waals surface area (Å²) in [6.45, 7) is 4.20. The number of hydrogen-bond acceptors (Lipinski definition) is 3. The number of benzene rings is 1. The number of rotatable bonds is 3. The summed E-state index contributed by atoms with van der Waals surface area (Å²) in [6, 6.07) is 11.9. The number of nitrogens with zero attached hydrogens (tertiary/aromatic N) is 3. The first-order chi connectivity index (χ1) is 10.2.